The van der Waals surface area contributed by atoms with Crippen molar-refractivity contribution in [3.63, 3.8) is 0 Å². The number of fused-ring (bicyclic) bond motifs is 1. The number of hydrogen-bond donors (Lipinski definition) is 3. The summed E-state index contributed by atoms with van der Waals surface area (Å²) in [4.78, 5) is 39.2. The molecule has 0 saturated carbocycles. The molecular formula is C18H15N7O3. The maximum atomic E-state index is 12.0. The van der Waals surface area contributed by atoms with E-state index in [1.165, 1.54) is 0 Å². The predicted molar refractivity (Wildman–Crippen MR) is 100.0 cm³/mol. The fourth-order valence-electron chi connectivity index (χ4n) is 2.56. The van der Waals surface area contributed by atoms with Crippen LogP contribution in [0.3, 0.4) is 0 Å². The second kappa shape index (κ2) is 7.66. The van der Waals surface area contributed by atoms with Crippen molar-refractivity contribution in [2.75, 3.05) is 5.43 Å². The normalized spacial score (nSPS) is 10.7. The van der Waals surface area contributed by atoms with Gasteiger partial charge in [0.1, 0.15) is 5.82 Å². The summed E-state index contributed by atoms with van der Waals surface area (Å²) in [5, 5.41) is 4.33. The molecule has 0 radical (unpaired) electrons. The third-order valence-electron chi connectivity index (χ3n) is 3.92. The zero-order chi connectivity index (χ0) is 19.3. The van der Waals surface area contributed by atoms with Crippen molar-refractivity contribution in [1.29, 1.82) is 0 Å². The van der Waals surface area contributed by atoms with Gasteiger partial charge in [-0.15, -0.1) is 0 Å². The predicted octanol–water partition coefficient (Wildman–Crippen LogP) is 1.44. The van der Waals surface area contributed by atoms with Gasteiger partial charge in [0.2, 0.25) is 11.7 Å². The number of pyridine rings is 1. The van der Waals surface area contributed by atoms with Crippen LogP contribution >= 0.6 is 0 Å². The summed E-state index contributed by atoms with van der Waals surface area (Å²) in [5.74, 6) is 0.494. The number of hydrazine groups is 1. The SMILES string of the molecule is O=C(CCc1nc2ccccc2c(=O)[nH]1)NNc1nc(-c2ccncc2)no1. The standard InChI is InChI=1S/C18H15N7O3/c26-15(6-5-14-20-13-4-2-1-3-12(13)17(27)21-14)23-24-18-22-16(25-28-18)11-7-9-19-10-8-11/h1-4,7-10H,5-6H2,(H,23,26)(H,20,21,27)(H,22,24,25). The Kier molecular flexibility index (Phi) is 4.74. The molecule has 0 aliphatic heterocycles. The summed E-state index contributed by atoms with van der Waals surface area (Å²) in [7, 11) is 0. The van der Waals surface area contributed by atoms with E-state index in [1.807, 2.05) is 0 Å². The molecule has 0 fully saturated rings. The smallest absolute Gasteiger partial charge is 0.313 e. The molecule has 140 valence electrons. The van der Waals surface area contributed by atoms with Crippen LogP contribution in [0.1, 0.15) is 12.2 Å². The molecule has 0 unspecified atom stereocenters. The highest BCUT2D eigenvalue weighted by molar-refractivity contribution is 5.78. The van der Waals surface area contributed by atoms with Gasteiger partial charge in [-0.1, -0.05) is 17.3 Å². The van der Waals surface area contributed by atoms with E-state index in [-0.39, 0.29) is 30.3 Å². The minimum Gasteiger partial charge on any atom is -0.313 e. The molecule has 3 aromatic heterocycles. The lowest BCUT2D eigenvalue weighted by molar-refractivity contribution is -0.120. The van der Waals surface area contributed by atoms with E-state index in [0.717, 1.165) is 5.56 Å². The molecule has 0 aliphatic carbocycles. The monoisotopic (exact) mass is 377 g/mol. The molecule has 4 rings (SSSR count). The maximum absolute atomic E-state index is 12.0. The Hall–Kier alpha value is -4.08. The zero-order valence-corrected chi connectivity index (χ0v) is 14.5. The second-order valence-corrected chi connectivity index (χ2v) is 5.86. The molecule has 10 nitrogen and oxygen atoms in total. The number of aryl methyl sites for hydroxylation is 1. The molecule has 3 heterocycles. The molecule has 0 atom stereocenters. The third-order valence-corrected chi connectivity index (χ3v) is 3.92. The van der Waals surface area contributed by atoms with Crippen LogP contribution in [0, 0.1) is 0 Å². The fourth-order valence-corrected chi connectivity index (χ4v) is 2.56. The number of carbonyl (C=O) groups excluding carboxylic acids is 1. The molecule has 28 heavy (non-hydrogen) atoms. The largest absolute Gasteiger partial charge is 0.340 e. The molecular weight excluding hydrogens is 362 g/mol. The van der Waals surface area contributed by atoms with Gasteiger partial charge in [0.15, 0.2) is 0 Å². The van der Waals surface area contributed by atoms with Crippen LogP contribution in [0.4, 0.5) is 6.01 Å². The summed E-state index contributed by atoms with van der Waals surface area (Å²) in [6.07, 6.45) is 3.62. The van der Waals surface area contributed by atoms with E-state index < -0.39 is 0 Å². The number of H-pyrrole nitrogens is 1. The molecule has 1 amide bonds. The number of hydrogen-bond acceptors (Lipinski definition) is 8. The van der Waals surface area contributed by atoms with Crippen LogP contribution < -0.4 is 16.4 Å². The van der Waals surface area contributed by atoms with Gasteiger partial charge in [0.05, 0.1) is 10.9 Å². The van der Waals surface area contributed by atoms with Crippen molar-refractivity contribution < 1.29 is 9.32 Å². The Bertz CT molecular complexity index is 1170. The number of amides is 1. The Morgan fingerprint density at radius 2 is 1.93 bits per heavy atom. The van der Waals surface area contributed by atoms with E-state index in [9.17, 15) is 9.59 Å². The number of benzene rings is 1. The number of aromatic amines is 1. The lowest BCUT2D eigenvalue weighted by Gasteiger charge is -2.05. The van der Waals surface area contributed by atoms with Gasteiger partial charge in [-0.3, -0.25) is 20.0 Å². The van der Waals surface area contributed by atoms with Crippen molar-refractivity contribution in [1.82, 2.24) is 30.5 Å². The minimum absolute atomic E-state index is 0.0531. The summed E-state index contributed by atoms with van der Waals surface area (Å²) in [6.45, 7) is 0. The molecule has 0 spiro atoms. The number of nitrogens with zero attached hydrogens (tertiary/aromatic N) is 4. The Morgan fingerprint density at radius 3 is 2.79 bits per heavy atom. The first kappa shape index (κ1) is 17.3. The average Bonchev–Trinajstić information content (AvgIpc) is 3.21. The van der Waals surface area contributed by atoms with Crippen LogP contribution in [0.25, 0.3) is 22.3 Å². The molecule has 3 N–H and O–H groups in total. The molecule has 0 bridgehead atoms. The zero-order valence-electron chi connectivity index (χ0n) is 14.5. The average molecular weight is 377 g/mol. The maximum Gasteiger partial charge on any atom is 0.340 e. The molecule has 4 aromatic rings. The van der Waals surface area contributed by atoms with Gasteiger partial charge < -0.3 is 9.51 Å². The van der Waals surface area contributed by atoms with Gasteiger partial charge in [0, 0.05) is 30.8 Å². The van der Waals surface area contributed by atoms with E-state index in [1.54, 1.807) is 48.8 Å². The fraction of sp³-hybridized carbons (Fsp3) is 0.111. The van der Waals surface area contributed by atoms with Crippen LogP contribution in [0.15, 0.2) is 58.1 Å². The summed E-state index contributed by atoms with van der Waals surface area (Å²) in [6, 6.07) is 10.6. The number of rotatable bonds is 6. The van der Waals surface area contributed by atoms with Crippen molar-refractivity contribution in [3.8, 4) is 11.4 Å². The first-order chi connectivity index (χ1) is 13.7. The van der Waals surface area contributed by atoms with Crippen LogP contribution in [0.5, 0.6) is 0 Å². The van der Waals surface area contributed by atoms with Crippen molar-refractivity contribution in [3.05, 3.63) is 65.0 Å². The van der Waals surface area contributed by atoms with Crippen molar-refractivity contribution in [2.24, 2.45) is 0 Å². The molecule has 0 saturated heterocycles. The molecule has 10 heteroatoms. The van der Waals surface area contributed by atoms with Gasteiger partial charge in [-0.25, -0.2) is 10.4 Å². The lowest BCUT2D eigenvalue weighted by atomic mass is 10.2. The summed E-state index contributed by atoms with van der Waals surface area (Å²) in [5.41, 5.74) is 6.14. The van der Waals surface area contributed by atoms with Crippen molar-refractivity contribution in [2.45, 2.75) is 12.8 Å². The lowest BCUT2D eigenvalue weighted by Crippen LogP contribution is -2.30. The number of nitrogens with one attached hydrogen (secondary N) is 3. The first-order valence-electron chi connectivity index (χ1n) is 8.46. The highest BCUT2D eigenvalue weighted by Crippen LogP contribution is 2.15. The third kappa shape index (κ3) is 3.85. The molecule has 1 aromatic carbocycles. The Morgan fingerprint density at radius 1 is 1.11 bits per heavy atom. The highest BCUT2D eigenvalue weighted by atomic mass is 16.5. The minimum atomic E-state index is -0.320. The van der Waals surface area contributed by atoms with E-state index in [0.29, 0.717) is 22.6 Å². The highest BCUT2D eigenvalue weighted by Gasteiger charge is 2.10. The number of carbonyl (C=O) groups is 1. The van der Waals surface area contributed by atoms with Crippen LogP contribution in [0.2, 0.25) is 0 Å². The second-order valence-electron chi connectivity index (χ2n) is 5.86. The van der Waals surface area contributed by atoms with Crippen LogP contribution in [-0.4, -0.2) is 31.0 Å². The van der Waals surface area contributed by atoms with Crippen molar-refractivity contribution >= 4 is 22.8 Å². The number of anilines is 1. The molecule has 0 aliphatic rings. The summed E-state index contributed by atoms with van der Waals surface area (Å²) < 4.78 is 5.03. The van der Waals surface area contributed by atoms with Gasteiger partial charge in [0.25, 0.3) is 5.56 Å². The Labute approximate surface area is 158 Å². The number of para-hydroxylation sites is 1. The topological polar surface area (TPSA) is 139 Å². The van der Waals surface area contributed by atoms with E-state index in [2.05, 4.69) is 35.9 Å². The van der Waals surface area contributed by atoms with E-state index >= 15 is 0 Å². The van der Waals surface area contributed by atoms with Crippen LogP contribution in [-0.2, 0) is 11.2 Å². The number of aromatic nitrogens is 5. The van der Waals surface area contributed by atoms with Gasteiger partial charge in [-0.2, -0.15) is 4.98 Å². The van der Waals surface area contributed by atoms with Gasteiger partial charge >= 0.3 is 6.01 Å². The summed E-state index contributed by atoms with van der Waals surface area (Å²) >= 11 is 0. The van der Waals surface area contributed by atoms with Gasteiger partial charge in [-0.05, 0) is 24.3 Å². The Balaban J connectivity index is 1.33. The first-order valence-corrected chi connectivity index (χ1v) is 8.46. The quantitative estimate of drug-likeness (QED) is 0.429. The van der Waals surface area contributed by atoms with E-state index in [4.69, 9.17) is 4.52 Å².